The van der Waals surface area contributed by atoms with Crippen LogP contribution in [0.15, 0.2) is 29.2 Å². The summed E-state index contributed by atoms with van der Waals surface area (Å²) in [5.41, 5.74) is 0.936. The van der Waals surface area contributed by atoms with Crippen LogP contribution in [-0.4, -0.2) is 19.3 Å². The van der Waals surface area contributed by atoms with Crippen molar-refractivity contribution in [1.82, 2.24) is 0 Å². The number of hydrogen-bond donors (Lipinski definition) is 1. The summed E-state index contributed by atoms with van der Waals surface area (Å²) in [6.07, 6.45) is 0. The lowest BCUT2D eigenvalue weighted by Gasteiger charge is -2.03. The van der Waals surface area contributed by atoms with Crippen LogP contribution in [0.3, 0.4) is 0 Å². The van der Waals surface area contributed by atoms with E-state index in [-0.39, 0.29) is 4.90 Å². The molecule has 1 aromatic carbocycles. The van der Waals surface area contributed by atoms with E-state index >= 15 is 0 Å². The van der Waals surface area contributed by atoms with Crippen molar-refractivity contribution in [2.45, 2.75) is 11.8 Å². The van der Waals surface area contributed by atoms with Gasteiger partial charge >= 0.3 is 8.25 Å². The van der Waals surface area contributed by atoms with Crippen molar-refractivity contribution >= 4 is 18.1 Å². The van der Waals surface area contributed by atoms with Crippen LogP contribution in [-0.2, 0) is 18.9 Å². The van der Waals surface area contributed by atoms with Crippen LogP contribution in [0, 0.1) is 6.92 Å². The van der Waals surface area contributed by atoms with Crippen molar-refractivity contribution in [3.8, 4) is 0 Å². The fourth-order valence-corrected chi connectivity index (χ4v) is 2.65. The Balaban J connectivity index is 2.87. The van der Waals surface area contributed by atoms with Gasteiger partial charge in [0, 0.05) is 0 Å². The largest absolute Gasteiger partial charge is 0.326 e. The van der Waals surface area contributed by atoms with E-state index in [4.69, 9.17) is 4.89 Å². The topological polar surface area (TPSA) is 80.7 Å². The first-order valence-corrected chi connectivity index (χ1v) is 6.98. The SMILES string of the molecule is Cc1ccc(S(=O)(=O)CO[PH](=O)O)cc1. The van der Waals surface area contributed by atoms with Crippen molar-refractivity contribution in [3.63, 3.8) is 0 Å². The zero-order valence-electron chi connectivity index (χ0n) is 8.00. The van der Waals surface area contributed by atoms with Gasteiger partial charge in [0.05, 0.1) is 4.90 Å². The molecule has 1 atom stereocenters. The summed E-state index contributed by atoms with van der Waals surface area (Å²) < 4.78 is 37.4. The lowest BCUT2D eigenvalue weighted by molar-refractivity contribution is 0.322. The standard InChI is InChI=1S/C8H11O5PS/c1-7-2-4-8(5-3-7)15(11,12)6-13-14(9)10/h2-5,14H,6H2,1H3,(H,9,10). The molecule has 0 saturated carbocycles. The molecule has 1 N–H and O–H groups in total. The molecule has 0 spiro atoms. The quantitative estimate of drug-likeness (QED) is 0.810. The van der Waals surface area contributed by atoms with Crippen LogP contribution in [0.25, 0.3) is 0 Å². The Kier molecular flexibility index (Phi) is 4.04. The zero-order valence-corrected chi connectivity index (χ0v) is 9.82. The van der Waals surface area contributed by atoms with Gasteiger partial charge in [-0.3, -0.25) is 9.09 Å². The Bertz CT molecular complexity index is 450. The second-order valence-electron chi connectivity index (χ2n) is 2.96. The average Bonchev–Trinajstić information content (AvgIpc) is 2.16. The van der Waals surface area contributed by atoms with Gasteiger partial charge in [-0.05, 0) is 19.1 Å². The monoisotopic (exact) mass is 250 g/mol. The highest BCUT2D eigenvalue weighted by Crippen LogP contribution is 2.19. The summed E-state index contributed by atoms with van der Waals surface area (Å²) in [7, 11) is -6.84. The highest BCUT2D eigenvalue weighted by molar-refractivity contribution is 7.91. The third-order valence-corrected chi connectivity index (χ3v) is 3.74. The average molecular weight is 250 g/mol. The minimum atomic E-state index is -3.63. The number of rotatable bonds is 4. The van der Waals surface area contributed by atoms with Crippen LogP contribution in [0.4, 0.5) is 0 Å². The molecule has 1 rings (SSSR count). The zero-order chi connectivity index (χ0) is 11.5. The number of sulfone groups is 1. The van der Waals surface area contributed by atoms with Gasteiger partial charge in [-0.1, -0.05) is 17.7 Å². The van der Waals surface area contributed by atoms with Crippen molar-refractivity contribution in [2.24, 2.45) is 0 Å². The summed E-state index contributed by atoms with van der Waals surface area (Å²) in [5, 5.41) is 0. The van der Waals surface area contributed by atoms with E-state index in [2.05, 4.69) is 4.52 Å². The Morgan fingerprint density at radius 1 is 1.33 bits per heavy atom. The van der Waals surface area contributed by atoms with E-state index in [1.807, 2.05) is 6.92 Å². The molecule has 0 aliphatic heterocycles. The second-order valence-corrected chi connectivity index (χ2v) is 5.71. The molecule has 7 heteroatoms. The Labute approximate surface area is 88.6 Å². The molecule has 0 radical (unpaired) electrons. The van der Waals surface area contributed by atoms with E-state index in [0.29, 0.717) is 0 Å². The first kappa shape index (κ1) is 12.4. The molecule has 0 heterocycles. The molecular weight excluding hydrogens is 239 g/mol. The summed E-state index contributed by atoms with van der Waals surface area (Å²) in [5.74, 6) is -0.773. The molecule has 84 valence electrons. The van der Waals surface area contributed by atoms with Crippen LogP contribution in [0.1, 0.15) is 5.56 Å². The number of benzene rings is 1. The molecule has 0 bridgehead atoms. The molecule has 5 nitrogen and oxygen atoms in total. The van der Waals surface area contributed by atoms with Crippen LogP contribution in [0.2, 0.25) is 0 Å². The maximum atomic E-state index is 11.5. The van der Waals surface area contributed by atoms with E-state index in [9.17, 15) is 13.0 Å². The first-order valence-electron chi connectivity index (χ1n) is 4.07. The summed E-state index contributed by atoms with van der Waals surface area (Å²) in [6, 6.07) is 6.16. The maximum Gasteiger partial charge on any atom is 0.317 e. The van der Waals surface area contributed by atoms with Gasteiger partial charge in [0.1, 0.15) is 0 Å². The van der Waals surface area contributed by atoms with E-state index in [1.54, 1.807) is 12.1 Å². The molecular formula is C8H11O5PS. The minimum Gasteiger partial charge on any atom is -0.326 e. The van der Waals surface area contributed by atoms with Gasteiger partial charge in [0.2, 0.25) is 9.84 Å². The Morgan fingerprint density at radius 3 is 2.33 bits per heavy atom. The molecule has 0 fully saturated rings. The van der Waals surface area contributed by atoms with Crippen LogP contribution < -0.4 is 0 Å². The fraction of sp³-hybridized carbons (Fsp3) is 0.250. The molecule has 0 aliphatic rings. The molecule has 0 amide bonds. The smallest absolute Gasteiger partial charge is 0.317 e. The predicted molar refractivity (Wildman–Crippen MR) is 55.5 cm³/mol. The summed E-state index contributed by atoms with van der Waals surface area (Å²) >= 11 is 0. The van der Waals surface area contributed by atoms with Gasteiger partial charge in [0.25, 0.3) is 0 Å². The van der Waals surface area contributed by atoms with E-state index in [0.717, 1.165) is 5.56 Å². The second kappa shape index (κ2) is 4.90. The number of aryl methyl sites for hydroxylation is 1. The van der Waals surface area contributed by atoms with Gasteiger partial charge in [-0.2, -0.15) is 0 Å². The van der Waals surface area contributed by atoms with Gasteiger partial charge in [-0.25, -0.2) is 8.42 Å². The van der Waals surface area contributed by atoms with Crippen LogP contribution in [0.5, 0.6) is 0 Å². The summed E-state index contributed by atoms with van der Waals surface area (Å²) in [4.78, 5) is 8.45. The maximum absolute atomic E-state index is 11.5. The van der Waals surface area contributed by atoms with Crippen LogP contribution >= 0.6 is 8.25 Å². The summed E-state index contributed by atoms with van der Waals surface area (Å²) in [6.45, 7) is 1.83. The van der Waals surface area contributed by atoms with Gasteiger partial charge < -0.3 is 4.89 Å². The van der Waals surface area contributed by atoms with Crippen molar-refractivity contribution < 1.29 is 22.4 Å². The Morgan fingerprint density at radius 2 is 1.87 bits per heavy atom. The van der Waals surface area contributed by atoms with E-state index < -0.39 is 24.0 Å². The number of hydrogen-bond acceptors (Lipinski definition) is 4. The fourth-order valence-electron chi connectivity index (χ4n) is 0.942. The third kappa shape index (κ3) is 3.76. The van der Waals surface area contributed by atoms with Crippen molar-refractivity contribution in [2.75, 3.05) is 5.94 Å². The lowest BCUT2D eigenvalue weighted by atomic mass is 10.2. The van der Waals surface area contributed by atoms with Gasteiger partial charge in [-0.15, -0.1) is 0 Å². The first-order chi connectivity index (χ1) is 6.92. The van der Waals surface area contributed by atoms with Crippen molar-refractivity contribution in [1.29, 1.82) is 0 Å². The molecule has 1 aromatic rings. The molecule has 0 aromatic heterocycles. The van der Waals surface area contributed by atoms with Gasteiger partial charge in [0.15, 0.2) is 5.94 Å². The molecule has 0 saturated heterocycles. The third-order valence-electron chi connectivity index (χ3n) is 1.72. The molecule has 15 heavy (non-hydrogen) atoms. The highest BCUT2D eigenvalue weighted by Gasteiger charge is 2.15. The van der Waals surface area contributed by atoms with E-state index in [1.165, 1.54) is 12.1 Å². The molecule has 0 aliphatic carbocycles. The van der Waals surface area contributed by atoms with Crippen molar-refractivity contribution in [3.05, 3.63) is 29.8 Å². The molecule has 1 unspecified atom stereocenters. The highest BCUT2D eigenvalue weighted by atomic mass is 32.2. The Hall–Kier alpha value is -0.680. The lowest BCUT2D eigenvalue weighted by Crippen LogP contribution is -2.07. The minimum absolute atomic E-state index is 0.0800. The normalized spacial score (nSPS) is 13.7. The predicted octanol–water partition coefficient (Wildman–Crippen LogP) is 1.12.